The highest BCUT2D eigenvalue weighted by atomic mass is 16.5. The van der Waals surface area contributed by atoms with E-state index < -0.39 is 5.78 Å². The summed E-state index contributed by atoms with van der Waals surface area (Å²) < 4.78 is 10.2. The number of Topliss-reactive ketones (excluding diaryl/α,β-unsaturated/α-hetero) is 2. The van der Waals surface area contributed by atoms with Crippen LogP contribution in [-0.2, 0) is 4.74 Å². The van der Waals surface area contributed by atoms with Gasteiger partial charge in [-0.25, -0.2) is 0 Å². The summed E-state index contributed by atoms with van der Waals surface area (Å²) in [5.41, 5.74) is 1.09. The quantitative estimate of drug-likeness (QED) is 0.878. The third-order valence-electron chi connectivity index (χ3n) is 4.04. The Labute approximate surface area is 149 Å². The average molecular weight is 352 g/mol. The lowest BCUT2D eigenvalue weighted by Crippen LogP contribution is -2.22. The van der Waals surface area contributed by atoms with Crippen molar-refractivity contribution in [2.24, 2.45) is 0 Å². The van der Waals surface area contributed by atoms with Crippen LogP contribution in [0.4, 0.5) is 0 Å². The Kier molecular flexibility index (Phi) is 4.49. The van der Waals surface area contributed by atoms with E-state index in [-0.39, 0.29) is 39.7 Å². The maximum Gasteiger partial charge on any atom is 0.229 e. The highest BCUT2D eigenvalue weighted by molar-refractivity contribution is 6.27. The molecule has 0 heterocycles. The zero-order valence-corrected chi connectivity index (χ0v) is 14.1. The summed E-state index contributed by atoms with van der Waals surface area (Å²) in [4.78, 5) is 25.3. The molecule has 0 saturated heterocycles. The van der Waals surface area contributed by atoms with E-state index in [1.807, 2.05) is 0 Å². The molecule has 6 heteroatoms. The van der Waals surface area contributed by atoms with Crippen molar-refractivity contribution in [3.05, 3.63) is 70.5 Å². The second-order valence-corrected chi connectivity index (χ2v) is 5.60. The fourth-order valence-corrected chi connectivity index (χ4v) is 2.74. The molecule has 3 rings (SSSR count). The third kappa shape index (κ3) is 2.93. The third-order valence-corrected chi connectivity index (χ3v) is 4.04. The topological polar surface area (TPSA) is 93.1 Å². The number of ether oxygens (including phenoxy) is 2. The molecule has 0 saturated carbocycles. The van der Waals surface area contributed by atoms with Gasteiger partial charge in [-0.3, -0.25) is 9.59 Å². The van der Waals surface area contributed by atoms with Crippen molar-refractivity contribution in [2.45, 2.75) is 0 Å². The molecular formula is C20H16O6. The van der Waals surface area contributed by atoms with Gasteiger partial charge in [0.1, 0.15) is 5.75 Å². The van der Waals surface area contributed by atoms with Crippen molar-refractivity contribution in [1.82, 2.24) is 0 Å². The summed E-state index contributed by atoms with van der Waals surface area (Å²) >= 11 is 0. The molecule has 0 radical (unpaired) electrons. The van der Waals surface area contributed by atoms with Crippen molar-refractivity contribution in [1.29, 1.82) is 0 Å². The smallest absolute Gasteiger partial charge is 0.229 e. The van der Waals surface area contributed by atoms with Crippen LogP contribution in [0.25, 0.3) is 6.08 Å². The second kappa shape index (κ2) is 6.76. The van der Waals surface area contributed by atoms with E-state index in [1.165, 1.54) is 44.6 Å². The van der Waals surface area contributed by atoms with E-state index >= 15 is 0 Å². The minimum absolute atomic E-state index is 0.000832. The second-order valence-electron chi connectivity index (χ2n) is 5.60. The van der Waals surface area contributed by atoms with Gasteiger partial charge in [-0.1, -0.05) is 12.1 Å². The predicted molar refractivity (Wildman–Crippen MR) is 94.5 cm³/mol. The highest BCUT2D eigenvalue weighted by Gasteiger charge is 2.32. The molecule has 0 spiro atoms. The number of hydrogen-bond donors (Lipinski definition) is 2. The monoisotopic (exact) mass is 352 g/mol. The molecule has 6 nitrogen and oxygen atoms in total. The summed E-state index contributed by atoms with van der Waals surface area (Å²) in [5, 5.41) is 19.2. The Morgan fingerprint density at radius 3 is 2.31 bits per heavy atom. The first-order chi connectivity index (χ1) is 12.5. The van der Waals surface area contributed by atoms with E-state index in [0.29, 0.717) is 11.3 Å². The van der Waals surface area contributed by atoms with Crippen molar-refractivity contribution >= 4 is 17.6 Å². The van der Waals surface area contributed by atoms with Crippen LogP contribution in [0.3, 0.4) is 0 Å². The van der Waals surface area contributed by atoms with E-state index in [0.717, 1.165) is 0 Å². The van der Waals surface area contributed by atoms with Crippen LogP contribution in [-0.4, -0.2) is 36.0 Å². The zero-order chi connectivity index (χ0) is 18.8. The molecular weight excluding hydrogens is 336 g/mol. The number of phenols is 2. The summed E-state index contributed by atoms with van der Waals surface area (Å²) in [7, 11) is 2.75. The van der Waals surface area contributed by atoms with Gasteiger partial charge in [0.2, 0.25) is 5.78 Å². The molecule has 0 fully saturated rings. The summed E-state index contributed by atoms with van der Waals surface area (Å²) in [5.74, 6) is -0.746. The molecule has 0 aliphatic heterocycles. The van der Waals surface area contributed by atoms with E-state index in [4.69, 9.17) is 9.47 Å². The summed E-state index contributed by atoms with van der Waals surface area (Å²) in [6.07, 6.45) is 3.10. The van der Waals surface area contributed by atoms with E-state index in [1.54, 1.807) is 18.2 Å². The molecule has 0 aromatic heterocycles. The first-order valence-electron chi connectivity index (χ1n) is 7.72. The lowest BCUT2D eigenvalue weighted by Gasteiger charge is -2.18. The number of phenolic OH excluding ortho intramolecular Hbond substituents is 2. The van der Waals surface area contributed by atoms with Crippen LogP contribution in [0.2, 0.25) is 0 Å². The number of fused-ring (bicyclic) bond motifs is 1. The van der Waals surface area contributed by atoms with Crippen LogP contribution < -0.4 is 4.74 Å². The highest BCUT2D eigenvalue weighted by Crippen LogP contribution is 2.31. The largest absolute Gasteiger partial charge is 0.508 e. The molecule has 0 amide bonds. The van der Waals surface area contributed by atoms with Crippen LogP contribution in [0.1, 0.15) is 26.3 Å². The maximum atomic E-state index is 12.8. The number of hydrogen-bond acceptors (Lipinski definition) is 6. The van der Waals surface area contributed by atoms with Crippen LogP contribution >= 0.6 is 0 Å². The molecule has 2 N–H and O–H groups in total. The zero-order valence-electron chi connectivity index (χ0n) is 14.1. The van der Waals surface area contributed by atoms with Crippen LogP contribution in [0, 0.1) is 0 Å². The van der Waals surface area contributed by atoms with Crippen LogP contribution in [0.15, 0.2) is 53.8 Å². The SMILES string of the molecule is COC1=C(C=Cc2ccc(O)c(OC)c2)C(=O)c2ccc(O)cc2C1=O. The first kappa shape index (κ1) is 17.3. The van der Waals surface area contributed by atoms with Gasteiger partial charge in [-0.05, 0) is 42.0 Å². The molecule has 2 aromatic carbocycles. The van der Waals surface area contributed by atoms with Gasteiger partial charge in [0, 0.05) is 11.1 Å². The van der Waals surface area contributed by atoms with E-state index in [2.05, 4.69) is 0 Å². The van der Waals surface area contributed by atoms with Crippen LogP contribution in [0.5, 0.6) is 17.2 Å². The molecule has 26 heavy (non-hydrogen) atoms. The summed E-state index contributed by atoms with van der Waals surface area (Å²) in [6, 6.07) is 8.72. The fourth-order valence-electron chi connectivity index (χ4n) is 2.74. The molecule has 2 aromatic rings. The van der Waals surface area contributed by atoms with Crippen molar-refractivity contribution < 1.29 is 29.3 Å². The van der Waals surface area contributed by atoms with Gasteiger partial charge in [-0.15, -0.1) is 0 Å². The average Bonchev–Trinajstić information content (AvgIpc) is 2.64. The molecule has 0 atom stereocenters. The van der Waals surface area contributed by atoms with Gasteiger partial charge in [0.25, 0.3) is 0 Å². The number of carbonyl (C=O) groups excluding carboxylic acids is 2. The Bertz CT molecular complexity index is 968. The molecule has 0 bridgehead atoms. The number of benzene rings is 2. The minimum atomic E-state index is -0.471. The molecule has 132 valence electrons. The predicted octanol–water partition coefficient (Wildman–Crippen LogP) is 3.10. The Morgan fingerprint density at radius 2 is 1.62 bits per heavy atom. The van der Waals surface area contributed by atoms with Crippen molar-refractivity contribution in [3.63, 3.8) is 0 Å². The maximum absolute atomic E-state index is 12.8. The fraction of sp³-hybridized carbons (Fsp3) is 0.100. The van der Waals surface area contributed by atoms with Gasteiger partial charge in [0.15, 0.2) is 23.0 Å². The number of ketones is 2. The van der Waals surface area contributed by atoms with Crippen molar-refractivity contribution in [3.8, 4) is 17.2 Å². The molecule has 0 unspecified atom stereocenters. The number of rotatable bonds is 4. The lowest BCUT2D eigenvalue weighted by molar-refractivity contribution is 0.0909. The number of allylic oxidation sites excluding steroid dienone is 3. The summed E-state index contributed by atoms with van der Waals surface area (Å²) in [6.45, 7) is 0. The Hall–Kier alpha value is -3.54. The Balaban J connectivity index is 2.04. The molecule has 1 aliphatic rings. The minimum Gasteiger partial charge on any atom is -0.508 e. The van der Waals surface area contributed by atoms with E-state index in [9.17, 15) is 19.8 Å². The standard InChI is InChI=1S/C20H16O6/c1-25-17-9-11(4-8-16(17)22)3-6-14-18(23)13-7-5-12(21)10-15(13)19(24)20(14)26-2/h3-10,21-22H,1-2H3. The number of aromatic hydroxyl groups is 2. The number of methoxy groups -OCH3 is 2. The first-order valence-corrected chi connectivity index (χ1v) is 7.72. The van der Waals surface area contributed by atoms with Gasteiger partial charge >= 0.3 is 0 Å². The number of carbonyl (C=O) groups is 2. The van der Waals surface area contributed by atoms with Gasteiger partial charge < -0.3 is 19.7 Å². The lowest BCUT2D eigenvalue weighted by atomic mass is 9.87. The van der Waals surface area contributed by atoms with Gasteiger partial charge in [-0.2, -0.15) is 0 Å². The Morgan fingerprint density at radius 1 is 0.846 bits per heavy atom. The normalized spacial score (nSPS) is 13.9. The van der Waals surface area contributed by atoms with Crippen molar-refractivity contribution in [2.75, 3.05) is 14.2 Å². The molecule has 1 aliphatic carbocycles. The van der Waals surface area contributed by atoms with Gasteiger partial charge in [0.05, 0.1) is 19.8 Å².